The maximum Gasteiger partial charge on any atom is 0.274 e. The Morgan fingerprint density at radius 2 is 2.15 bits per heavy atom. The highest BCUT2D eigenvalue weighted by Gasteiger charge is 2.14. The second-order valence-corrected chi connectivity index (χ2v) is 7.19. The summed E-state index contributed by atoms with van der Waals surface area (Å²) >= 11 is 0. The number of hydrogen-bond acceptors (Lipinski definition) is 4. The fourth-order valence-electron chi connectivity index (χ4n) is 3.33. The van der Waals surface area contributed by atoms with Crippen molar-refractivity contribution in [2.75, 3.05) is 26.2 Å². The third-order valence-electron chi connectivity index (χ3n) is 4.59. The molecule has 1 aromatic carbocycles. The van der Waals surface area contributed by atoms with Crippen molar-refractivity contribution in [2.45, 2.75) is 39.2 Å². The van der Waals surface area contributed by atoms with Crippen LogP contribution in [0.15, 0.2) is 29.3 Å². The van der Waals surface area contributed by atoms with Gasteiger partial charge in [0.15, 0.2) is 5.96 Å². The molecule has 1 aliphatic rings. The number of hydrogen-bond donors (Lipinski definition) is 3. The highest BCUT2D eigenvalue weighted by atomic mass is 16.5. The Morgan fingerprint density at radius 1 is 1.37 bits per heavy atom. The smallest absolute Gasteiger partial charge is 0.274 e. The summed E-state index contributed by atoms with van der Waals surface area (Å²) in [6.45, 7) is 7.95. The minimum absolute atomic E-state index is 0.0612. The molecule has 2 heterocycles. The Kier molecular flexibility index (Phi) is 6.34. The summed E-state index contributed by atoms with van der Waals surface area (Å²) in [5, 5.41) is 3.52. The zero-order valence-corrected chi connectivity index (χ0v) is 16.1. The molecule has 0 radical (unpaired) electrons. The second-order valence-electron chi connectivity index (χ2n) is 7.19. The van der Waals surface area contributed by atoms with E-state index in [1.165, 1.54) is 25.9 Å². The van der Waals surface area contributed by atoms with E-state index in [0.717, 1.165) is 29.6 Å². The summed E-state index contributed by atoms with van der Waals surface area (Å²) in [6.07, 6.45) is 3.58. The molecule has 0 spiro atoms. The third-order valence-corrected chi connectivity index (χ3v) is 4.59. The number of ether oxygens (including phenoxy) is 1. The average Bonchev–Trinajstić information content (AvgIpc) is 3.28. The predicted molar refractivity (Wildman–Crippen MR) is 108 cm³/mol. The van der Waals surface area contributed by atoms with Gasteiger partial charge >= 0.3 is 0 Å². The van der Waals surface area contributed by atoms with Gasteiger partial charge in [0.05, 0.1) is 6.10 Å². The van der Waals surface area contributed by atoms with Crippen molar-refractivity contribution in [3.63, 3.8) is 0 Å². The van der Waals surface area contributed by atoms with Gasteiger partial charge in [-0.05, 0) is 70.9 Å². The lowest BCUT2D eigenvalue weighted by atomic mass is 10.2. The molecule has 0 unspecified atom stereocenters. The molecular formula is C20H29N5O2. The average molecular weight is 371 g/mol. The van der Waals surface area contributed by atoms with Gasteiger partial charge in [-0.2, -0.15) is 0 Å². The normalized spacial score (nSPS) is 15.6. The number of carbonyl (C=O) groups excluding carboxylic acids is 1. The van der Waals surface area contributed by atoms with Gasteiger partial charge in [-0.15, -0.1) is 0 Å². The van der Waals surface area contributed by atoms with Gasteiger partial charge in [0.1, 0.15) is 11.4 Å². The van der Waals surface area contributed by atoms with Crippen LogP contribution in [0.4, 0.5) is 0 Å². The van der Waals surface area contributed by atoms with Crippen LogP contribution in [0.1, 0.15) is 43.6 Å². The van der Waals surface area contributed by atoms with Gasteiger partial charge in [0, 0.05) is 17.4 Å². The fourth-order valence-corrected chi connectivity index (χ4v) is 3.33. The molecule has 27 heavy (non-hydrogen) atoms. The number of likely N-dealkylation sites (tertiary alicyclic amines) is 1. The molecule has 1 amide bonds. The van der Waals surface area contributed by atoms with E-state index in [9.17, 15) is 4.79 Å². The summed E-state index contributed by atoms with van der Waals surface area (Å²) in [5.41, 5.74) is 7.14. The molecule has 0 saturated carbocycles. The van der Waals surface area contributed by atoms with Crippen LogP contribution in [0, 0.1) is 0 Å². The summed E-state index contributed by atoms with van der Waals surface area (Å²) in [7, 11) is 0. The van der Waals surface area contributed by atoms with Crippen molar-refractivity contribution >= 4 is 22.8 Å². The van der Waals surface area contributed by atoms with Crippen molar-refractivity contribution in [3.8, 4) is 5.75 Å². The van der Waals surface area contributed by atoms with Gasteiger partial charge < -0.3 is 20.4 Å². The maximum absolute atomic E-state index is 12.4. The molecule has 3 rings (SSSR count). The first-order valence-corrected chi connectivity index (χ1v) is 9.65. The lowest BCUT2D eigenvalue weighted by molar-refractivity contribution is 0.0972. The Bertz CT molecular complexity index is 806. The molecule has 146 valence electrons. The second kappa shape index (κ2) is 8.90. The minimum Gasteiger partial charge on any atom is -0.490 e. The van der Waals surface area contributed by atoms with Crippen molar-refractivity contribution in [3.05, 3.63) is 30.0 Å². The molecule has 2 aromatic rings. The fraction of sp³-hybridized carbons (Fsp3) is 0.500. The van der Waals surface area contributed by atoms with E-state index < -0.39 is 0 Å². The number of nitrogens with one attached hydrogen (secondary N) is 2. The number of fused-ring (bicyclic) bond motifs is 1. The lowest BCUT2D eigenvalue weighted by Crippen LogP contribution is -2.37. The molecule has 1 fully saturated rings. The Morgan fingerprint density at radius 3 is 2.89 bits per heavy atom. The zero-order chi connectivity index (χ0) is 19.2. The number of amides is 1. The number of nitrogens with two attached hydrogens (primary N) is 1. The number of benzene rings is 1. The number of rotatable bonds is 7. The van der Waals surface area contributed by atoms with E-state index >= 15 is 0 Å². The van der Waals surface area contributed by atoms with E-state index in [1.54, 1.807) is 6.07 Å². The van der Waals surface area contributed by atoms with Crippen LogP contribution in [0.25, 0.3) is 10.9 Å². The molecule has 1 aliphatic heterocycles. The van der Waals surface area contributed by atoms with Crippen molar-refractivity contribution in [2.24, 2.45) is 10.7 Å². The van der Waals surface area contributed by atoms with Crippen LogP contribution >= 0.6 is 0 Å². The van der Waals surface area contributed by atoms with E-state index in [-0.39, 0.29) is 18.0 Å². The molecule has 0 aliphatic carbocycles. The number of aliphatic imine (C=N–C) groups is 1. The first kappa shape index (κ1) is 19.2. The SMILES string of the molecule is CC(C)Oc1cccc2[nH]c(C(=O)NC(N)=NCCCN3CCCC3)cc12. The van der Waals surface area contributed by atoms with Crippen LogP contribution in [0.5, 0.6) is 5.75 Å². The van der Waals surface area contributed by atoms with Crippen LogP contribution in [0.3, 0.4) is 0 Å². The Hall–Kier alpha value is -2.54. The van der Waals surface area contributed by atoms with E-state index in [4.69, 9.17) is 10.5 Å². The molecule has 7 heteroatoms. The van der Waals surface area contributed by atoms with Crippen LogP contribution in [-0.4, -0.2) is 54.0 Å². The minimum atomic E-state index is -0.303. The van der Waals surface area contributed by atoms with Crippen molar-refractivity contribution < 1.29 is 9.53 Å². The van der Waals surface area contributed by atoms with Crippen LogP contribution in [0.2, 0.25) is 0 Å². The summed E-state index contributed by atoms with van der Waals surface area (Å²) < 4.78 is 5.81. The molecule has 0 atom stereocenters. The van der Waals surface area contributed by atoms with Crippen molar-refractivity contribution in [1.82, 2.24) is 15.2 Å². The summed E-state index contributed by atoms with van der Waals surface area (Å²) in [5.74, 6) is 0.600. The number of nitrogens with zero attached hydrogens (tertiary/aromatic N) is 2. The van der Waals surface area contributed by atoms with Crippen LogP contribution in [-0.2, 0) is 0 Å². The van der Waals surface area contributed by atoms with Gasteiger partial charge in [-0.3, -0.25) is 15.1 Å². The van der Waals surface area contributed by atoms with Gasteiger partial charge in [-0.25, -0.2) is 0 Å². The quantitative estimate of drug-likeness (QED) is 0.396. The van der Waals surface area contributed by atoms with E-state index in [2.05, 4.69) is 20.2 Å². The standard InChI is InChI=1S/C20H29N5O2/c1-14(2)27-18-8-5-7-16-15(18)13-17(23-16)19(26)24-20(21)22-9-6-12-25-10-3-4-11-25/h5,7-8,13-14,23H,3-4,6,9-12H2,1-2H3,(H3,21,22,24,26). The zero-order valence-electron chi connectivity index (χ0n) is 16.1. The molecule has 0 bridgehead atoms. The largest absolute Gasteiger partial charge is 0.490 e. The molecular weight excluding hydrogens is 342 g/mol. The molecule has 1 aromatic heterocycles. The molecule has 1 saturated heterocycles. The summed E-state index contributed by atoms with van der Waals surface area (Å²) in [4.78, 5) is 22.3. The highest BCUT2D eigenvalue weighted by molar-refractivity contribution is 6.07. The van der Waals surface area contributed by atoms with E-state index in [1.807, 2.05) is 32.0 Å². The Labute approximate surface area is 160 Å². The number of aromatic nitrogens is 1. The number of aromatic amines is 1. The van der Waals surface area contributed by atoms with Gasteiger partial charge in [0.25, 0.3) is 5.91 Å². The first-order chi connectivity index (χ1) is 13.0. The third kappa shape index (κ3) is 5.23. The van der Waals surface area contributed by atoms with Crippen molar-refractivity contribution in [1.29, 1.82) is 0 Å². The highest BCUT2D eigenvalue weighted by Crippen LogP contribution is 2.27. The maximum atomic E-state index is 12.4. The number of H-pyrrole nitrogens is 1. The van der Waals surface area contributed by atoms with Gasteiger partial charge in [0.2, 0.25) is 0 Å². The van der Waals surface area contributed by atoms with E-state index in [0.29, 0.717) is 12.2 Å². The van der Waals surface area contributed by atoms with Crippen LogP contribution < -0.4 is 15.8 Å². The molecule has 4 N–H and O–H groups in total. The monoisotopic (exact) mass is 371 g/mol. The lowest BCUT2D eigenvalue weighted by Gasteiger charge is -2.12. The Balaban J connectivity index is 1.57. The number of carbonyl (C=O) groups is 1. The topological polar surface area (TPSA) is 95.7 Å². The predicted octanol–water partition coefficient (Wildman–Crippen LogP) is 2.49. The summed E-state index contributed by atoms with van der Waals surface area (Å²) in [6, 6.07) is 7.49. The van der Waals surface area contributed by atoms with Gasteiger partial charge in [-0.1, -0.05) is 6.07 Å². The molecule has 7 nitrogen and oxygen atoms in total. The number of guanidine groups is 1. The first-order valence-electron chi connectivity index (χ1n) is 9.65.